The van der Waals surface area contributed by atoms with Gasteiger partial charge in [-0.2, -0.15) is 0 Å². The number of rotatable bonds is 6. The Bertz CT molecular complexity index is 802. The average Bonchev–Trinajstić information content (AvgIpc) is 2.96. The van der Waals surface area contributed by atoms with Gasteiger partial charge >= 0.3 is 0 Å². The highest BCUT2D eigenvalue weighted by atomic mass is 16.5. The number of hydrogen-bond donors (Lipinski definition) is 2. The molecule has 3 N–H and O–H groups in total. The van der Waals surface area contributed by atoms with E-state index in [-0.39, 0.29) is 18.1 Å². The normalized spacial score (nSPS) is 16.8. The van der Waals surface area contributed by atoms with Gasteiger partial charge in [-0.15, -0.1) is 0 Å². The lowest BCUT2D eigenvalue weighted by molar-refractivity contribution is -0.117. The van der Waals surface area contributed by atoms with Gasteiger partial charge in [-0.25, -0.2) is 0 Å². The first-order valence-corrected chi connectivity index (χ1v) is 8.68. The van der Waals surface area contributed by atoms with E-state index in [1.165, 1.54) is 0 Å². The zero-order valence-corrected chi connectivity index (χ0v) is 14.9. The van der Waals surface area contributed by atoms with E-state index in [1.807, 2.05) is 38.1 Å². The quantitative estimate of drug-likeness (QED) is 0.836. The Kier molecular flexibility index (Phi) is 5.11. The van der Waals surface area contributed by atoms with Crippen LogP contribution in [0.15, 0.2) is 48.5 Å². The summed E-state index contributed by atoms with van der Waals surface area (Å²) < 4.78 is 5.71. The highest BCUT2D eigenvalue weighted by Gasteiger charge is 2.32. The highest BCUT2D eigenvalue weighted by molar-refractivity contribution is 6.01. The summed E-state index contributed by atoms with van der Waals surface area (Å²) in [4.78, 5) is 25.7. The van der Waals surface area contributed by atoms with Crippen LogP contribution in [0.5, 0.6) is 5.75 Å². The molecule has 26 heavy (non-hydrogen) atoms. The minimum absolute atomic E-state index is 0.0191. The molecule has 1 fully saturated rings. The Morgan fingerprint density at radius 3 is 2.62 bits per heavy atom. The van der Waals surface area contributed by atoms with E-state index in [0.29, 0.717) is 18.5 Å². The predicted molar refractivity (Wildman–Crippen MR) is 102 cm³/mol. The fourth-order valence-corrected chi connectivity index (χ4v) is 3.00. The molecule has 6 heteroatoms. The molecule has 6 nitrogen and oxygen atoms in total. The molecule has 0 spiro atoms. The molecular weight excluding hydrogens is 330 g/mol. The lowest BCUT2D eigenvalue weighted by Gasteiger charge is -2.19. The Morgan fingerprint density at radius 1 is 1.23 bits per heavy atom. The second-order valence-electron chi connectivity index (χ2n) is 6.58. The molecule has 0 aromatic heterocycles. The van der Waals surface area contributed by atoms with Crippen LogP contribution < -0.4 is 20.7 Å². The number of ether oxygens (including phenoxy) is 1. The first-order chi connectivity index (χ1) is 12.4. The van der Waals surface area contributed by atoms with Crippen molar-refractivity contribution in [2.24, 2.45) is 5.73 Å². The fraction of sp³-hybridized carbons (Fsp3) is 0.300. The largest absolute Gasteiger partial charge is 0.491 e. The third-order valence-electron chi connectivity index (χ3n) is 4.22. The molecule has 2 aromatic carbocycles. The van der Waals surface area contributed by atoms with Gasteiger partial charge < -0.3 is 20.7 Å². The number of nitrogens with two attached hydrogens (primary N) is 1. The maximum absolute atomic E-state index is 12.8. The third-order valence-corrected chi connectivity index (χ3v) is 4.22. The van der Waals surface area contributed by atoms with Crippen LogP contribution in [0.25, 0.3) is 0 Å². The molecule has 1 saturated heterocycles. The van der Waals surface area contributed by atoms with Crippen molar-refractivity contribution in [3.63, 3.8) is 0 Å². The SMILES string of the molecule is CC(C)Oc1cccc(N2CCC(Nc3ccc(C(N)=O)cc3)C2=O)c1. The van der Waals surface area contributed by atoms with E-state index < -0.39 is 5.91 Å². The first kappa shape index (κ1) is 17.8. The maximum Gasteiger partial charge on any atom is 0.249 e. The molecule has 136 valence electrons. The highest BCUT2D eigenvalue weighted by Crippen LogP contribution is 2.27. The smallest absolute Gasteiger partial charge is 0.249 e. The van der Waals surface area contributed by atoms with Crippen molar-refractivity contribution in [3.05, 3.63) is 54.1 Å². The van der Waals surface area contributed by atoms with Crippen LogP contribution in [0.2, 0.25) is 0 Å². The molecular formula is C20H23N3O3. The molecule has 1 unspecified atom stereocenters. The zero-order valence-electron chi connectivity index (χ0n) is 14.9. The third kappa shape index (κ3) is 3.96. The summed E-state index contributed by atoms with van der Waals surface area (Å²) in [6.07, 6.45) is 0.781. The van der Waals surface area contributed by atoms with Gasteiger partial charge in [-0.3, -0.25) is 9.59 Å². The van der Waals surface area contributed by atoms with Crippen molar-refractivity contribution < 1.29 is 14.3 Å². The number of nitrogens with one attached hydrogen (secondary N) is 1. The Balaban J connectivity index is 1.69. The van der Waals surface area contributed by atoms with Crippen molar-refractivity contribution in [2.75, 3.05) is 16.8 Å². The van der Waals surface area contributed by atoms with Crippen LogP contribution in [-0.2, 0) is 4.79 Å². The van der Waals surface area contributed by atoms with Crippen molar-refractivity contribution in [1.82, 2.24) is 0 Å². The Hall–Kier alpha value is -3.02. The van der Waals surface area contributed by atoms with Gasteiger partial charge in [0.1, 0.15) is 11.8 Å². The summed E-state index contributed by atoms with van der Waals surface area (Å²) in [7, 11) is 0. The number of anilines is 2. The maximum atomic E-state index is 12.8. The van der Waals surface area contributed by atoms with Gasteiger partial charge in [0.15, 0.2) is 0 Å². The minimum atomic E-state index is -0.469. The van der Waals surface area contributed by atoms with Crippen LogP contribution in [-0.4, -0.2) is 30.5 Å². The van der Waals surface area contributed by atoms with Crippen LogP contribution in [0.3, 0.4) is 0 Å². The van der Waals surface area contributed by atoms with Crippen molar-refractivity contribution in [2.45, 2.75) is 32.4 Å². The second-order valence-corrected chi connectivity index (χ2v) is 6.58. The second kappa shape index (κ2) is 7.47. The monoisotopic (exact) mass is 353 g/mol. The average molecular weight is 353 g/mol. The van der Waals surface area contributed by atoms with Gasteiger partial charge in [0.2, 0.25) is 11.8 Å². The van der Waals surface area contributed by atoms with E-state index in [1.54, 1.807) is 29.2 Å². The van der Waals surface area contributed by atoms with Gasteiger partial charge in [-0.05, 0) is 56.7 Å². The van der Waals surface area contributed by atoms with Gasteiger partial charge in [0.05, 0.1) is 6.10 Å². The van der Waals surface area contributed by atoms with E-state index in [0.717, 1.165) is 17.1 Å². The fourth-order valence-electron chi connectivity index (χ4n) is 3.00. The van der Waals surface area contributed by atoms with Crippen LogP contribution in [0.1, 0.15) is 30.6 Å². The summed E-state index contributed by atoms with van der Waals surface area (Å²) in [5.74, 6) is 0.303. The summed E-state index contributed by atoms with van der Waals surface area (Å²) in [6, 6.07) is 14.1. The molecule has 0 saturated carbocycles. The van der Waals surface area contributed by atoms with E-state index in [2.05, 4.69) is 5.32 Å². The minimum Gasteiger partial charge on any atom is -0.491 e. The van der Waals surface area contributed by atoms with Gasteiger partial charge in [-0.1, -0.05) is 6.07 Å². The topological polar surface area (TPSA) is 84.7 Å². The number of benzene rings is 2. The molecule has 3 rings (SSSR count). The molecule has 1 heterocycles. The zero-order chi connectivity index (χ0) is 18.7. The van der Waals surface area contributed by atoms with Gasteiger partial charge in [0, 0.05) is 29.5 Å². The molecule has 1 aliphatic heterocycles. The molecule has 1 atom stereocenters. The number of hydrogen-bond acceptors (Lipinski definition) is 4. The summed E-state index contributed by atoms with van der Waals surface area (Å²) in [6.45, 7) is 4.58. The summed E-state index contributed by atoms with van der Waals surface area (Å²) in [5.41, 5.74) is 7.30. The van der Waals surface area contributed by atoms with Crippen molar-refractivity contribution in [1.29, 1.82) is 0 Å². The molecule has 0 bridgehead atoms. The van der Waals surface area contributed by atoms with Crippen molar-refractivity contribution in [3.8, 4) is 5.75 Å². The number of carbonyl (C=O) groups is 2. The molecule has 1 aliphatic rings. The van der Waals surface area contributed by atoms with Crippen molar-refractivity contribution >= 4 is 23.2 Å². The van der Waals surface area contributed by atoms with E-state index in [9.17, 15) is 9.59 Å². The van der Waals surface area contributed by atoms with Crippen LogP contribution in [0, 0.1) is 0 Å². The Labute approximate surface area is 152 Å². The number of nitrogens with zero attached hydrogens (tertiary/aromatic N) is 1. The molecule has 0 aliphatic carbocycles. The summed E-state index contributed by atoms with van der Waals surface area (Å²) in [5, 5.41) is 3.23. The lowest BCUT2D eigenvalue weighted by Crippen LogP contribution is -2.33. The first-order valence-electron chi connectivity index (χ1n) is 8.68. The number of amides is 2. The van der Waals surface area contributed by atoms with E-state index >= 15 is 0 Å². The number of primary amides is 1. The predicted octanol–water partition coefficient (Wildman–Crippen LogP) is 2.79. The molecule has 0 radical (unpaired) electrons. The Morgan fingerprint density at radius 2 is 1.96 bits per heavy atom. The van der Waals surface area contributed by atoms with Crippen LogP contribution >= 0.6 is 0 Å². The standard InChI is InChI=1S/C20H23N3O3/c1-13(2)26-17-5-3-4-16(12-17)23-11-10-18(20(23)25)22-15-8-6-14(7-9-15)19(21)24/h3-9,12-13,18,22H,10-11H2,1-2H3,(H2,21,24). The molecule has 2 aromatic rings. The van der Waals surface area contributed by atoms with Gasteiger partial charge in [0.25, 0.3) is 0 Å². The lowest BCUT2D eigenvalue weighted by atomic mass is 10.1. The number of carbonyl (C=O) groups excluding carboxylic acids is 2. The summed E-state index contributed by atoms with van der Waals surface area (Å²) >= 11 is 0. The van der Waals surface area contributed by atoms with E-state index in [4.69, 9.17) is 10.5 Å². The van der Waals surface area contributed by atoms with Crippen LogP contribution in [0.4, 0.5) is 11.4 Å². The molecule has 2 amide bonds.